The van der Waals surface area contributed by atoms with Gasteiger partial charge in [0, 0.05) is 10.6 Å². The smallest absolute Gasteiger partial charge is 0.0574 e. The van der Waals surface area contributed by atoms with E-state index in [0.717, 1.165) is 10.5 Å². The van der Waals surface area contributed by atoms with Crippen LogP contribution in [0.2, 0.25) is 0 Å². The van der Waals surface area contributed by atoms with Crippen LogP contribution in [0.1, 0.15) is 30.9 Å². The zero-order chi connectivity index (χ0) is 13.8. The van der Waals surface area contributed by atoms with Crippen LogP contribution in [0.4, 0.5) is 5.69 Å². The van der Waals surface area contributed by atoms with Crippen molar-refractivity contribution in [2.45, 2.75) is 30.4 Å². The first-order chi connectivity index (χ1) is 9.08. The molecule has 0 bridgehead atoms. The lowest BCUT2D eigenvalue weighted by molar-refractivity contribution is 0.682. The highest BCUT2D eigenvalue weighted by Crippen LogP contribution is 2.20. The van der Waals surface area contributed by atoms with Gasteiger partial charge in [0.25, 0.3) is 0 Å². The fraction of sp³-hybridized carbons (Fsp3) is 0.250. The van der Waals surface area contributed by atoms with Crippen molar-refractivity contribution >= 4 is 16.5 Å². The van der Waals surface area contributed by atoms with E-state index in [1.165, 1.54) is 5.56 Å². The van der Waals surface area contributed by atoms with Crippen molar-refractivity contribution in [3.05, 3.63) is 59.7 Å². The van der Waals surface area contributed by atoms with Crippen LogP contribution in [0, 0.1) is 0 Å². The van der Waals surface area contributed by atoms with Gasteiger partial charge in [0.2, 0.25) is 0 Å². The molecule has 2 aromatic rings. The predicted octanol–water partition coefficient (Wildman–Crippen LogP) is 3.70. The average molecular weight is 273 g/mol. The molecule has 0 saturated carbocycles. The summed E-state index contributed by atoms with van der Waals surface area (Å²) >= 11 is 0. The number of anilines is 1. The molecule has 0 aliphatic rings. The third-order valence-electron chi connectivity index (χ3n) is 3.15. The minimum absolute atomic E-state index is 0.466. The van der Waals surface area contributed by atoms with Crippen LogP contribution in [0.5, 0.6) is 0 Å². The number of nitrogen functional groups attached to an aromatic ring is 1. The summed E-state index contributed by atoms with van der Waals surface area (Å²) in [6.07, 6.45) is 0. The Morgan fingerprint density at radius 1 is 1.05 bits per heavy atom. The predicted molar refractivity (Wildman–Crippen MR) is 81.5 cm³/mol. The van der Waals surface area contributed by atoms with Gasteiger partial charge in [-0.15, -0.1) is 0 Å². The molecule has 3 heteroatoms. The minimum atomic E-state index is -1.05. The quantitative estimate of drug-likeness (QED) is 0.863. The first-order valence-electron chi connectivity index (χ1n) is 6.39. The van der Waals surface area contributed by atoms with E-state index in [0.29, 0.717) is 17.4 Å². The summed E-state index contributed by atoms with van der Waals surface area (Å²) in [5, 5.41) is 0. The van der Waals surface area contributed by atoms with E-state index in [2.05, 4.69) is 13.8 Å². The number of hydrogen-bond donors (Lipinski definition) is 1. The molecule has 2 N–H and O–H groups in total. The molecule has 1 atom stereocenters. The highest BCUT2D eigenvalue weighted by molar-refractivity contribution is 7.84. The third-order valence-corrected chi connectivity index (χ3v) is 4.52. The molecule has 0 amide bonds. The molecule has 0 aliphatic carbocycles. The number of nitrogens with two attached hydrogens (primary N) is 1. The van der Waals surface area contributed by atoms with Crippen LogP contribution in [-0.4, -0.2) is 4.21 Å². The van der Waals surface area contributed by atoms with Crippen molar-refractivity contribution in [3.63, 3.8) is 0 Å². The summed E-state index contributed by atoms with van der Waals surface area (Å²) in [6.45, 7) is 4.30. The van der Waals surface area contributed by atoms with E-state index in [1.54, 1.807) is 0 Å². The van der Waals surface area contributed by atoms with Crippen LogP contribution in [0.3, 0.4) is 0 Å². The summed E-state index contributed by atoms with van der Waals surface area (Å²) < 4.78 is 12.3. The zero-order valence-corrected chi connectivity index (χ0v) is 12.1. The summed E-state index contributed by atoms with van der Waals surface area (Å²) in [4.78, 5) is 0.854. The second-order valence-electron chi connectivity index (χ2n) is 4.91. The Morgan fingerprint density at radius 3 is 2.26 bits per heavy atom. The minimum Gasteiger partial charge on any atom is -0.398 e. The summed E-state index contributed by atoms with van der Waals surface area (Å²) in [7, 11) is -1.05. The molecule has 0 spiro atoms. The van der Waals surface area contributed by atoms with Crippen molar-refractivity contribution in [1.29, 1.82) is 0 Å². The molecule has 100 valence electrons. The van der Waals surface area contributed by atoms with E-state index < -0.39 is 10.8 Å². The fourth-order valence-electron chi connectivity index (χ4n) is 1.89. The Morgan fingerprint density at radius 2 is 1.68 bits per heavy atom. The van der Waals surface area contributed by atoms with Gasteiger partial charge in [-0.05, 0) is 35.2 Å². The molecule has 2 nitrogen and oxygen atoms in total. The molecule has 1 unspecified atom stereocenters. The van der Waals surface area contributed by atoms with Crippen LogP contribution in [0.15, 0.2) is 53.4 Å². The molecule has 2 aromatic carbocycles. The second kappa shape index (κ2) is 6.02. The lowest BCUT2D eigenvalue weighted by Gasteiger charge is -2.08. The van der Waals surface area contributed by atoms with Gasteiger partial charge in [-0.2, -0.15) is 0 Å². The monoisotopic (exact) mass is 273 g/mol. The standard InChI is InChI=1S/C16H19NOS/c1-12(2)13-7-9-15(10-8-13)19(18)11-14-5-3-4-6-16(14)17/h3-10,12H,11,17H2,1-2H3. The van der Waals surface area contributed by atoms with Crippen LogP contribution < -0.4 is 5.73 Å². The molecular formula is C16H19NOS. The van der Waals surface area contributed by atoms with Gasteiger partial charge in [0.15, 0.2) is 0 Å². The normalized spacial score (nSPS) is 12.6. The van der Waals surface area contributed by atoms with E-state index in [1.807, 2.05) is 48.5 Å². The molecule has 0 radical (unpaired) electrons. The van der Waals surface area contributed by atoms with Gasteiger partial charge in [-0.1, -0.05) is 44.2 Å². The first kappa shape index (κ1) is 13.8. The molecule has 19 heavy (non-hydrogen) atoms. The fourth-order valence-corrected chi connectivity index (χ4v) is 3.05. The summed E-state index contributed by atoms with van der Waals surface area (Å²) in [5.74, 6) is 0.959. The lowest BCUT2D eigenvalue weighted by Crippen LogP contribution is -2.00. The first-order valence-corrected chi connectivity index (χ1v) is 7.71. The van der Waals surface area contributed by atoms with Gasteiger partial charge in [-0.3, -0.25) is 4.21 Å². The van der Waals surface area contributed by atoms with Crippen molar-refractivity contribution in [1.82, 2.24) is 0 Å². The maximum Gasteiger partial charge on any atom is 0.0574 e. The molecule has 0 heterocycles. The third kappa shape index (κ3) is 3.44. The van der Waals surface area contributed by atoms with Crippen molar-refractivity contribution in [2.75, 3.05) is 5.73 Å². The maximum atomic E-state index is 12.3. The van der Waals surface area contributed by atoms with Gasteiger partial charge >= 0.3 is 0 Å². The van der Waals surface area contributed by atoms with E-state index in [-0.39, 0.29) is 0 Å². The number of benzene rings is 2. The lowest BCUT2D eigenvalue weighted by atomic mass is 10.0. The molecule has 0 saturated heterocycles. The second-order valence-corrected chi connectivity index (χ2v) is 6.36. The molecule has 2 rings (SSSR count). The van der Waals surface area contributed by atoms with Crippen molar-refractivity contribution < 1.29 is 4.21 Å². The summed E-state index contributed by atoms with van der Waals surface area (Å²) in [5.41, 5.74) is 8.78. The van der Waals surface area contributed by atoms with Crippen molar-refractivity contribution in [2.24, 2.45) is 0 Å². The Labute approximate surface area is 117 Å². The zero-order valence-electron chi connectivity index (χ0n) is 11.3. The SMILES string of the molecule is CC(C)c1ccc(S(=O)Cc2ccccc2N)cc1. The van der Waals surface area contributed by atoms with E-state index >= 15 is 0 Å². The van der Waals surface area contributed by atoms with Crippen LogP contribution in [0.25, 0.3) is 0 Å². The number of rotatable bonds is 4. The number of para-hydroxylation sites is 1. The average Bonchev–Trinajstić information content (AvgIpc) is 2.41. The Kier molecular flexibility index (Phi) is 4.38. The Bertz CT molecular complexity index is 576. The molecular weight excluding hydrogens is 254 g/mol. The highest BCUT2D eigenvalue weighted by atomic mass is 32.2. The molecule has 0 aromatic heterocycles. The van der Waals surface area contributed by atoms with Gasteiger partial charge in [0.1, 0.15) is 0 Å². The maximum absolute atomic E-state index is 12.3. The summed E-state index contributed by atoms with van der Waals surface area (Å²) in [6, 6.07) is 15.6. The van der Waals surface area contributed by atoms with Gasteiger partial charge < -0.3 is 5.73 Å². The van der Waals surface area contributed by atoms with Crippen LogP contribution >= 0.6 is 0 Å². The van der Waals surface area contributed by atoms with Gasteiger partial charge in [0.05, 0.1) is 16.6 Å². The Hall–Kier alpha value is -1.61. The molecule has 0 fully saturated rings. The molecule has 0 aliphatic heterocycles. The van der Waals surface area contributed by atoms with Crippen molar-refractivity contribution in [3.8, 4) is 0 Å². The van der Waals surface area contributed by atoms with E-state index in [9.17, 15) is 4.21 Å². The highest BCUT2D eigenvalue weighted by Gasteiger charge is 2.08. The Balaban J connectivity index is 2.14. The van der Waals surface area contributed by atoms with Gasteiger partial charge in [-0.25, -0.2) is 0 Å². The van der Waals surface area contributed by atoms with Crippen LogP contribution in [-0.2, 0) is 16.6 Å². The van der Waals surface area contributed by atoms with E-state index in [4.69, 9.17) is 5.73 Å². The number of hydrogen-bond acceptors (Lipinski definition) is 2. The largest absolute Gasteiger partial charge is 0.398 e. The topological polar surface area (TPSA) is 43.1 Å².